The molecule has 0 saturated carbocycles. The lowest BCUT2D eigenvalue weighted by molar-refractivity contribution is -0.137. The second-order valence-corrected chi connectivity index (χ2v) is 3.37. The molecule has 1 heterocycles. The maximum Gasteiger partial charge on any atom is 0.416 e. The number of anilines is 1. The van der Waals surface area contributed by atoms with Crippen molar-refractivity contribution in [3.8, 4) is 0 Å². The summed E-state index contributed by atoms with van der Waals surface area (Å²) in [6.07, 6.45) is -2.09. The molecule has 0 fully saturated rings. The maximum atomic E-state index is 12.4. The van der Waals surface area contributed by atoms with E-state index >= 15 is 0 Å². The zero-order chi connectivity index (χ0) is 11.5. The summed E-state index contributed by atoms with van der Waals surface area (Å²) in [7, 11) is 0. The Kier molecular flexibility index (Phi) is 3.55. The molecule has 0 aliphatic rings. The van der Waals surface area contributed by atoms with Gasteiger partial charge in [-0.25, -0.2) is 4.98 Å². The summed E-state index contributed by atoms with van der Waals surface area (Å²) in [5, 5.41) is 0. The summed E-state index contributed by atoms with van der Waals surface area (Å²) in [4.78, 5) is 3.86. The van der Waals surface area contributed by atoms with Gasteiger partial charge in [-0.2, -0.15) is 13.2 Å². The largest absolute Gasteiger partial charge is 0.416 e. The molecule has 1 aromatic heterocycles. The van der Waals surface area contributed by atoms with Crippen LogP contribution < -0.4 is 5.73 Å². The van der Waals surface area contributed by atoms with Crippen molar-refractivity contribution in [3.05, 3.63) is 23.4 Å². The van der Waals surface area contributed by atoms with Crippen LogP contribution in [0.15, 0.2) is 12.1 Å². The Labute approximate surface area is 86.3 Å². The molecule has 1 aromatic rings. The van der Waals surface area contributed by atoms with Crippen LogP contribution in [-0.4, -0.2) is 4.98 Å². The van der Waals surface area contributed by atoms with Crippen molar-refractivity contribution in [1.82, 2.24) is 4.98 Å². The normalized spacial score (nSPS) is 11.7. The second-order valence-electron chi connectivity index (χ2n) is 3.37. The van der Waals surface area contributed by atoms with Crippen LogP contribution in [0.5, 0.6) is 0 Å². The molecule has 0 aliphatic heterocycles. The van der Waals surface area contributed by atoms with Gasteiger partial charge in [0.2, 0.25) is 0 Å². The van der Waals surface area contributed by atoms with Crippen LogP contribution >= 0.6 is 0 Å². The average molecular weight is 218 g/mol. The van der Waals surface area contributed by atoms with E-state index in [2.05, 4.69) is 4.98 Å². The van der Waals surface area contributed by atoms with Gasteiger partial charge in [-0.1, -0.05) is 13.3 Å². The van der Waals surface area contributed by atoms with E-state index < -0.39 is 11.7 Å². The molecule has 0 unspecified atom stereocenters. The van der Waals surface area contributed by atoms with Crippen molar-refractivity contribution in [2.24, 2.45) is 0 Å². The molecule has 0 amide bonds. The predicted molar refractivity (Wildman–Crippen MR) is 52.3 cm³/mol. The third kappa shape index (κ3) is 3.42. The summed E-state index contributed by atoms with van der Waals surface area (Å²) in [5.41, 5.74) is 5.00. The Balaban J connectivity index is 2.95. The molecule has 84 valence electrons. The lowest BCUT2D eigenvalue weighted by Crippen LogP contribution is -2.08. The van der Waals surface area contributed by atoms with Crippen molar-refractivity contribution in [2.75, 3.05) is 5.73 Å². The Morgan fingerprint density at radius 2 is 2.00 bits per heavy atom. The van der Waals surface area contributed by atoms with Gasteiger partial charge < -0.3 is 5.73 Å². The van der Waals surface area contributed by atoms with Crippen molar-refractivity contribution >= 4 is 5.82 Å². The van der Waals surface area contributed by atoms with E-state index in [1.807, 2.05) is 6.92 Å². The number of hydrogen-bond donors (Lipinski definition) is 1. The van der Waals surface area contributed by atoms with E-state index in [0.717, 1.165) is 25.0 Å². The molecule has 0 bridgehead atoms. The number of halogens is 3. The summed E-state index contributed by atoms with van der Waals surface area (Å²) >= 11 is 0. The number of alkyl halides is 3. The smallest absolute Gasteiger partial charge is 0.384 e. The lowest BCUT2D eigenvalue weighted by Gasteiger charge is -2.09. The van der Waals surface area contributed by atoms with E-state index in [-0.39, 0.29) is 5.82 Å². The minimum Gasteiger partial charge on any atom is -0.384 e. The molecule has 0 saturated heterocycles. The molecule has 2 nitrogen and oxygen atoms in total. The fraction of sp³-hybridized carbons (Fsp3) is 0.500. The number of aryl methyl sites for hydroxylation is 1. The monoisotopic (exact) mass is 218 g/mol. The highest BCUT2D eigenvalue weighted by Crippen LogP contribution is 2.30. The summed E-state index contributed by atoms with van der Waals surface area (Å²) < 4.78 is 37.2. The van der Waals surface area contributed by atoms with Gasteiger partial charge in [0.1, 0.15) is 5.82 Å². The Morgan fingerprint density at radius 1 is 1.33 bits per heavy atom. The molecule has 1 rings (SSSR count). The molecule has 0 spiro atoms. The standard InChI is InChI=1S/C10H13F3N2/c1-2-3-4-8-5-7(10(11,12)13)6-9(14)15-8/h5-6H,2-4H2,1H3,(H2,14,15). The minimum absolute atomic E-state index is 0.0732. The number of unbranched alkanes of at least 4 members (excludes halogenated alkanes) is 1. The van der Waals surface area contributed by atoms with E-state index in [1.54, 1.807) is 0 Å². The summed E-state index contributed by atoms with van der Waals surface area (Å²) in [5.74, 6) is -0.0732. The summed E-state index contributed by atoms with van der Waals surface area (Å²) in [6.45, 7) is 1.97. The Hall–Kier alpha value is -1.26. The van der Waals surface area contributed by atoms with Crippen molar-refractivity contribution in [1.29, 1.82) is 0 Å². The van der Waals surface area contributed by atoms with Gasteiger partial charge in [0.15, 0.2) is 0 Å². The van der Waals surface area contributed by atoms with Crippen molar-refractivity contribution < 1.29 is 13.2 Å². The zero-order valence-electron chi connectivity index (χ0n) is 8.43. The molecule has 0 aromatic carbocycles. The molecule has 5 heteroatoms. The van der Waals surface area contributed by atoms with E-state index in [4.69, 9.17) is 5.73 Å². The highest BCUT2D eigenvalue weighted by atomic mass is 19.4. The van der Waals surface area contributed by atoms with Crippen molar-refractivity contribution in [2.45, 2.75) is 32.4 Å². The van der Waals surface area contributed by atoms with Crippen LogP contribution in [-0.2, 0) is 12.6 Å². The zero-order valence-corrected chi connectivity index (χ0v) is 8.43. The average Bonchev–Trinajstić information content (AvgIpc) is 2.12. The Bertz CT molecular complexity index is 334. The summed E-state index contributed by atoms with van der Waals surface area (Å²) in [6, 6.07) is 1.92. The van der Waals surface area contributed by atoms with Gasteiger partial charge >= 0.3 is 6.18 Å². The number of aromatic nitrogens is 1. The van der Waals surface area contributed by atoms with Gasteiger partial charge in [0.25, 0.3) is 0 Å². The number of hydrogen-bond acceptors (Lipinski definition) is 2. The first kappa shape index (κ1) is 11.8. The highest BCUT2D eigenvalue weighted by molar-refractivity contribution is 5.36. The van der Waals surface area contributed by atoms with Gasteiger partial charge in [-0.15, -0.1) is 0 Å². The number of nitrogen functional groups attached to an aromatic ring is 1. The second kappa shape index (κ2) is 4.51. The first-order chi connectivity index (χ1) is 6.93. The molecular weight excluding hydrogens is 205 g/mol. The van der Waals surface area contributed by atoms with Crippen LogP contribution in [0.25, 0.3) is 0 Å². The molecular formula is C10H13F3N2. The molecule has 0 aliphatic carbocycles. The van der Waals surface area contributed by atoms with Crippen LogP contribution in [0.4, 0.5) is 19.0 Å². The molecule has 2 N–H and O–H groups in total. The topological polar surface area (TPSA) is 38.9 Å². The third-order valence-electron chi connectivity index (χ3n) is 2.01. The number of nitrogens with zero attached hydrogens (tertiary/aromatic N) is 1. The lowest BCUT2D eigenvalue weighted by atomic mass is 10.1. The fourth-order valence-electron chi connectivity index (χ4n) is 1.26. The fourth-order valence-corrected chi connectivity index (χ4v) is 1.26. The van der Waals surface area contributed by atoms with Crippen LogP contribution in [0.1, 0.15) is 31.0 Å². The number of nitrogens with two attached hydrogens (primary N) is 1. The van der Waals surface area contributed by atoms with Crippen LogP contribution in [0, 0.1) is 0 Å². The molecule has 0 radical (unpaired) electrons. The third-order valence-corrected chi connectivity index (χ3v) is 2.01. The van der Waals surface area contributed by atoms with Crippen molar-refractivity contribution in [3.63, 3.8) is 0 Å². The first-order valence-corrected chi connectivity index (χ1v) is 4.77. The van der Waals surface area contributed by atoms with Gasteiger partial charge in [0.05, 0.1) is 5.56 Å². The Morgan fingerprint density at radius 3 is 2.53 bits per heavy atom. The predicted octanol–water partition coefficient (Wildman–Crippen LogP) is 3.03. The van der Waals surface area contributed by atoms with E-state index in [9.17, 15) is 13.2 Å². The SMILES string of the molecule is CCCCc1cc(C(F)(F)F)cc(N)n1. The molecule has 0 atom stereocenters. The molecule has 15 heavy (non-hydrogen) atoms. The quantitative estimate of drug-likeness (QED) is 0.846. The highest BCUT2D eigenvalue weighted by Gasteiger charge is 2.31. The van der Waals surface area contributed by atoms with E-state index in [0.29, 0.717) is 12.1 Å². The van der Waals surface area contributed by atoms with Crippen LogP contribution in [0.2, 0.25) is 0 Å². The van der Waals surface area contributed by atoms with Gasteiger partial charge in [-0.05, 0) is 25.0 Å². The van der Waals surface area contributed by atoms with Gasteiger partial charge in [0, 0.05) is 5.69 Å². The first-order valence-electron chi connectivity index (χ1n) is 4.77. The number of rotatable bonds is 3. The minimum atomic E-state index is -4.35. The van der Waals surface area contributed by atoms with E-state index in [1.165, 1.54) is 0 Å². The van der Waals surface area contributed by atoms with Crippen LogP contribution in [0.3, 0.4) is 0 Å². The van der Waals surface area contributed by atoms with Gasteiger partial charge in [-0.3, -0.25) is 0 Å². The number of pyridine rings is 1. The maximum absolute atomic E-state index is 12.4.